The summed E-state index contributed by atoms with van der Waals surface area (Å²) in [6.07, 6.45) is -4.86. The van der Waals surface area contributed by atoms with Crippen LogP contribution in [0.5, 0.6) is 0 Å². The number of carbonyl (C=O) groups excluding carboxylic acids is 1. The van der Waals surface area contributed by atoms with Crippen LogP contribution in [-0.4, -0.2) is 26.1 Å². The number of nitrogens with zero attached hydrogens (tertiary/aromatic N) is 1. The molecule has 0 saturated carbocycles. The summed E-state index contributed by atoms with van der Waals surface area (Å²) in [5.74, 6) is -0.559. The highest BCUT2D eigenvalue weighted by atomic mass is 32.2. The predicted molar refractivity (Wildman–Crippen MR) is 70.0 cm³/mol. The number of hydrogen-bond acceptors (Lipinski definition) is 3. The molecule has 1 atom stereocenters. The van der Waals surface area contributed by atoms with Gasteiger partial charge in [-0.25, -0.2) is 13.6 Å². The monoisotopic (exact) mass is 322 g/mol. The number of halogens is 3. The van der Waals surface area contributed by atoms with Crippen molar-refractivity contribution in [2.24, 2.45) is 5.14 Å². The second-order valence-electron chi connectivity index (χ2n) is 4.92. The molecule has 1 aromatic carbocycles. The van der Waals surface area contributed by atoms with Crippen LogP contribution in [0.4, 0.5) is 18.9 Å². The van der Waals surface area contributed by atoms with Crippen molar-refractivity contribution in [3.63, 3.8) is 0 Å². The number of hydrogen-bond donors (Lipinski definition) is 1. The van der Waals surface area contributed by atoms with Gasteiger partial charge in [-0.2, -0.15) is 13.2 Å². The lowest BCUT2D eigenvalue weighted by Crippen LogP contribution is -2.32. The number of alkyl halides is 3. The van der Waals surface area contributed by atoms with Crippen molar-refractivity contribution in [3.8, 4) is 0 Å². The average molecular weight is 322 g/mol. The van der Waals surface area contributed by atoms with E-state index in [0.717, 1.165) is 17.0 Å². The van der Waals surface area contributed by atoms with Gasteiger partial charge in [-0.05, 0) is 24.6 Å². The highest BCUT2D eigenvalue weighted by Crippen LogP contribution is 2.35. The zero-order valence-corrected chi connectivity index (χ0v) is 11.8. The molecule has 116 valence electrons. The van der Waals surface area contributed by atoms with Gasteiger partial charge in [0, 0.05) is 18.7 Å². The number of benzene rings is 1. The van der Waals surface area contributed by atoms with Crippen LogP contribution in [-0.2, 0) is 21.0 Å². The molecule has 1 aliphatic heterocycles. The highest BCUT2D eigenvalue weighted by molar-refractivity contribution is 7.89. The van der Waals surface area contributed by atoms with E-state index in [9.17, 15) is 26.4 Å². The van der Waals surface area contributed by atoms with Crippen LogP contribution in [0.1, 0.15) is 17.5 Å². The summed E-state index contributed by atoms with van der Waals surface area (Å²) in [5.41, 5.74) is -0.387. The molecule has 21 heavy (non-hydrogen) atoms. The summed E-state index contributed by atoms with van der Waals surface area (Å²) >= 11 is 0. The number of amides is 1. The molecule has 2 rings (SSSR count). The molecule has 0 spiro atoms. The number of primary sulfonamides is 1. The van der Waals surface area contributed by atoms with Gasteiger partial charge in [-0.15, -0.1) is 0 Å². The first kappa shape index (κ1) is 15.8. The molecule has 0 radical (unpaired) electrons. The SMILES string of the molecule is Cc1ccc(C(F)(F)F)cc1N1CC(S(N)(=O)=O)CC1=O. The van der Waals surface area contributed by atoms with E-state index in [1.165, 1.54) is 6.07 Å². The van der Waals surface area contributed by atoms with Crippen LogP contribution < -0.4 is 10.0 Å². The quantitative estimate of drug-likeness (QED) is 0.894. The Morgan fingerprint density at radius 2 is 1.95 bits per heavy atom. The van der Waals surface area contributed by atoms with Crippen molar-refractivity contribution in [3.05, 3.63) is 29.3 Å². The number of carbonyl (C=O) groups is 1. The first-order valence-corrected chi connectivity index (χ1v) is 7.61. The number of anilines is 1. The number of aryl methyl sites for hydroxylation is 1. The highest BCUT2D eigenvalue weighted by Gasteiger charge is 2.39. The normalized spacial score (nSPS) is 20.1. The molecular weight excluding hydrogens is 309 g/mol. The molecule has 0 aliphatic carbocycles. The summed E-state index contributed by atoms with van der Waals surface area (Å²) in [6, 6.07) is 3.00. The van der Waals surface area contributed by atoms with Crippen molar-refractivity contribution in [2.45, 2.75) is 24.8 Å². The van der Waals surface area contributed by atoms with E-state index < -0.39 is 32.9 Å². The number of sulfonamides is 1. The third-order valence-electron chi connectivity index (χ3n) is 3.38. The van der Waals surface area contributed by atoms with E-state index >= 15 is 0 Å². The van der Waals surface area contributed by atoms with Gasteiger partial charge in [-0.1, -0.05) is 6.07 Å². The molecule has 0 aromatic heterocycles. The van der Waals surface area contributed by atoms with E-state index in [4.69, 9.17) is 5.14 Å². The molecule has 0 bridgehead atoms. The Morgan fingerprint density at radius 1 is 1.33 bits per heavy atom. The molecule has 1 unspecified atom stereocenters. The molecule has 1 aromatic rings. The van der Waals surface area contributed by atoms with Gasteiger partial charge >= 0.3 is 6.18 Å². The second-order valence-corrected chi connectivity index (χ2v) is 6.76. The second kappa shape index (κ2) is 4.99. The Morgan fingerprint density at radius 3 is 2.43 bits per heavy atom. The van der Waals surface area contributed by atoms with Crippen LogP contribution >= 0.6 is 0 Å². The predicted octanol–water partition coefficient (Wildman–Crippen LogP) is 1.41. The summed E-state index contributed by atoms with van der Waals surface area (Å²) in [4.78, 5) is 12.9. The van der Waals surface area contributed by atoms with Gasteiger partial charge in [0.15, 0.2) is 0 Å². The molecule has 2 N–H and O–H groups in total. The third kappa shape index (κ3) is 3.18. The summed E-state index contributed by atoms with van der Waals surface area (Å²) in [6.45, 7) is 1.31. The molecule has 1 fully saturated rings. The van der Waals surface area contributed by atoms with E-state index in [2.05, 4.69) is 0 Å². The van der Waals surface area contributed by atoms with Gasteiger partial charge in [0.1, 0.15) is 5.25 Å². The van der Waals surface area contributed by atoms with Crippen molar-refractivity contribution in [1.82, 2.24) is 0 Å². The van der Waals surface area contributed by atoms with Gasteiger partial charge in [0.2, 0.25) is 15.9 Å². The van der Waals surface area contributed by atoms with Crippen molar-refractivity contribution in [1.29, 1.82) is 0 Å². The molecule has 1 amide bonds. The fourth-order valence-electron chi connectivity index (χ4n) is 2.20. The van der Waals surface area contributed by atoms with Crippen LogP contribution in [0, 0.1) is 6.92 Å². The van der Waals surface area contributed by atoms with Crippen molar-refractivity contribution < 1.29 is 26.4 Å². The lowest BCUT2D eigenvalue weighted by Gasteiger charge is -2.20. The first-order valence-electron chi connectivity index (χ1n) is 6.00. The molecular formula is C12H13F3N2O3S. The minimum absolute atomic E-state index is 0.0565. The van der Waals surface area contributed by atoms with Crippen molar-refractivity contribution >= 4 is 21.6 Å². The van der Waals surface area contributed by atoms with Crippen LogP contribution in [0.15, 0.2) is 18.2 Å². The minimum atomic E-state index is -4.54. The van der Waals surface area contributed by atoms with Gasteiger partial charge in [-0.3, -0.25) is 4.79 Å². The van der Waals surface area contributed by atoms with Gasteiger partial charge < -0.3 is 4.90 Å². The number of rotatable bonds is 2. The average Bonchev–Trinajstić information content (AvgIpc) is 2.70. The maximum atomic E-state index is 12.7. The fraction of sp³-hybridized carbons (Fsp3) is 0.417. The van der Waals surface area contributed by atoms with E-state index in [1.807, 2.05) is 0 Å². The summed E-state index contributed by atoms with van der Waals surface area (Å²) < 4.78 is 60.8. The third-order valence-corrected chi connectivity index (χ3v) is 4.63. The van der Waals surface area contributed by atoms with E-state index in [-0.39, 0.29) is 18.7 Å². The molecule has 9 heteroatoms. The summed E-state index contributed by atoms with van der Waals surface area (Å²) in [5, 5.41) is 3.90. The molecule has 1 saturated heterocycles. The maximum Gasteiger partial charge on any atom is 0.416 e. The van der Waals surface area contributed by atoms with Crippen molar-refractivity contribution in [2.75, 3.05) is 11.4 Å². The maximum absolute atomic E-state index is 12.7. The Labute approximate surface area is 119 Å². The fourth-order valence-corrected chi connectivity index (χ4v) is 2.94. The van der Waals surface area contributed by atoms with Crippen LogP contribution in [0.3, 0.4) is 0 Å². The molecule has 1 heterocycles. The first-order chi connectivity index (χ1) is 9.50. The zero-order chi connectivity index (χ0) is 16.0. The standard InChI is InChI=1S/C12H13F3N2O3S/c1-7-2-3-8(12(13,14)15)4-10(7)17-6-9(5-11(17)18)21(16,19)20/h2-4,9H,5-6H2,1H3,(H2,16,19,20). The topological polar surface area (TPSA) is 80.5 Å². The smallest absolute Gasteiger partial charge is 0.311 e. The Hall–Kier alpha value is -1.61. The Kier molecular flexibility index (Phi) is 3.75. The Bertz CT molecular complexity index is 685. The summed E-state index contributed by atoms with van der Waals surface area (Å²) in [7, 11) is -3.91. The largest absolute Gasteiger partial charge is 0.416 e. The number of nitrogens with two attached hydrogens (primary N) is 1. The van der Waals surface area contributed by atoms with Gasteiger partial charge in [0.25, 0.3) is 0 Å². The van der Waals surface area contributed by atoms with E-state index in [0.29, 0.717) is 5.56 Å². The Balaban J connectivity index is 2.41. The minimum Gasteiger partial charge on any atom is -0.311 e. The lowest BCUT2D eigenvalue weighted by molar-refractivity contribution is -0.137. The van der Waals surface area contributed by atoms with Crippen LogP contribution in [0.2, 0.25) is 0 Å². The van der Waals surface area contributed by atoms with Gasteiger partial charge in [0.05, 0.1) is 5.56 Å². The van der Waals surface area contributed by atoms with Crippen LogP contribution in [0.25, 0.3) is 0 Å². The lowest BCUT2D eigenvalue weighted by atomic mass is 10.1. The molecule has 1 aliphatic rings. The molecule has 5 nitrogen and oxygen atoms in total. The zero-order valence-electron chi connectivity index (χ0n) is 11.0. The van der Waals surface area contributed by atoms with E-state index in [1.54, 1.807) is 6.92 Å².